The van der Waals surface area contributed by atoms with E-state index in [0.717, 1.165) is 16.8 Å². The van der Waals surface area contributed by atoms with Crippen LogP contribution in [0.2, 0.25) is 0 Å². The SMILES string of the molecule is CCOC(=O)C(C)c1[nH]c2ccccc2c1C. The van der Waals surface area contributed by atoms with Crippen molar-refractivity contribution in [3.05, 3.63) is 35.5 Å². The number of ether oxygens (including phenoxy) is 1. The van der Waals surface area contributed by atoms with Gasteiger partial charge in [-0.25, -0.2) is 0 Å². The summed E-state index contributed by atoms with van der Waals surface area (Å²) in [6.45, 7) is 6.14. The van der Waals surface area contributed by atoms with E-state index >= 15 is 0 Å². The summed E-state index contributed by atoms with van der Waals surface area (Å²) in [6.07, 6.45) is 0. The number of fused-ring (bicyclic) bond motifs is 1. The zero-order valence-corrected chi connectivity index (χ0v) is 10.4. The number of hydrogen-bond acceptors (Lipinski definition) is 2. The highest BCUT2D eigenvalue weighted by Gasteiger charge is 2.21. The molecule has 0 saturated carbocycles. The Labute approximate surface area is 101 Å². The van der Waals surface area contributed by atoms with Gasteiger partial charge in [0, 0.05) is 16.6 Å². The van der Waals surface area contributed by atoms with E-state index in [-0.39, 0.29) is 11.9 Å². The lowest BCUT2D eigenvalue weighted by Gasteiger charge is -2.09. The van der Waals surface area contributed by atoms with Gasteiger partial charge in [0.1, 0.15) is 0 Å². The molecule has 1 aromatic heterocycles. The van der Waals surface area contributed by atoms with E-state index in [0.29, 0.717) is 6.61 Å². The Morgan fingerprint density at radius 1 is 1.41 bits per heavy atom. The lowest BCUT2D eigenvalue weighted by atomic mass is 10.0. The highest BCUT2D eigenvalue weighted by atomic mass is 16.5. The third-order valence-electron chi connectivity index (χ3n) is 3.08. The number of hydrogen-bond donors (Lipinski definition) is 1. The fraction of sp³-hybridized carbons (Fsp3) is 0.357. The average Bonchev–Trinajstić information content (AvgIpc) is 2.67. The molecule has 17 heavy (non-hydrogen) atoms. The molecule has 0 aliphatic carbocycles. The molecule has 2 aromatic rings. The van der Waals surface area contributed by atoms with E-state index in [1.54, 1.807) is 0 Å². The van der Waals surface area contributed by atoms with Gasteiger partial charge in [0.25, 0.3) is 0 Å². The van der Waals surface area contributed by atoms with Crippen molar-refractivity contribution in [2.24, 2.45) is 0 Å². The summed E-state index contributed by atoms with van der Waals surface area (Å²) >= 11 is 0. The van der Waals surface area contributed by atoms with Crippen molar-refractivity contribution in [2.75, 3.05) is 6.61 Å². The van der Waals surface area contributed by atoms with Gasteiger partial charge in [0.15, 0.2) is 0 Å². The second kappa shape index (κ2) is 4.62. The van der Waals surface area contributed by atoms with E-state index in [9.17, 15) is 4.79 Å². The third-order valence-corrected chi connectivity index (χ3v) is 3.08. The summed E-state index contributed by atoms with van der Waals surface area (Å²) < 4.78 is 5.05. The Bertz CT molecular complexity index is 542. The van der Waals surface area contributed by atoms with Gasteiger partial charge < -0.3 is 9.72 Å². The van der Waals surface area contributed by atoms with Crippen LogP contribution in [0.1, 0.15) is 31.0 Å². The van der Waals surface area contributed by atoms with E-state index in [1.807, 2.05) is 39.0 Å². The molecule has 1 aromatic carbocycles. The monoisotopic (exact) mass is 231 g/mol. The predicted octanol–water partition coefficient (Wildman–Crippen LogP) is 3.14. The van der Waals surface area contributed by atoms with Crippen LogP contribution in [-0.4, -0.2) is 17.6 Å². The molecule has 1 N–H and O–H groups in total. The number of para-hydroxylation sites is 1. The molecule has 2 rings (SSSR count). The summed E-state index contributed by atoms with van der Waals surface area (Å²) in [5.74, 6) is -0.426. The zero-order chi connectivity index (χ0) is 12.4. The van der Waals surface area contributed by atoms with Crippen molar-refractivity contribution in [3.8, 4) is 0 Å². The maximum absolute atomic E-state index is 11.7. The lowest BCUT2D eigenvalue weighted by molar-refractivity contribution is -0.144. The van der Waals surface area contributed by atoms with Crippen LogP contribution in [0.5, 0.6) is 0 Å². The van der Waals surface area contributed by atoms with Crippen molar-refractivity contribution in [1.29, 1.82) is 0 Å². The second-order valence-electron chi connectivity index (χ2n) is 4.18. The lowest BCUT2D eigenvalue weighted by Crippen LogP contribution is -2.14. The van der Waals surface area contributed by atoms with Crippen LogP contribution < -0.4 is 0 Å². The molecule has 0 fully saturated rings. The summed E-state index contributed by atoms with van der Waals surface area (Å²) in [6, 6.07) is 8.06. The molecule has 3 nitrogen and oxygen atoms in total. The Kier molecular flexibility index (Phi) is 3.18. The van der Waals surface area contributed by atoms with Gasteiger partial charge in [0.2, 0.25) is 0 Å². The summed E-state index contributed by atoms with van der Waals surface area (Å²) in [4.78, 5) is 15.0. The van der Waals surface area contributed by atoms with Gasteiger partial charge in [-0.2, -0.15) is 0 Å². The summed E-state index contributed by atoms with van der Waals surface area (Å²) in [5, 5.41) is 1.17. The average molecular weight is 231 g/mol. The van der Waals surface area contributed by atoms with Gasteiger partial charge in [-0.3, -0.25) is 4.79 Å². The highest BCUT2D eigenvalue weighted by molar-refractivity contribution is 5.87. The van der Waals surface area contributed by atoms with Gasteiger partial charge in [0.05, 0.1) is 12.5 Å². The molecule has 0 spiro atoms. The molecule has 0 aliphatic heterocycles. The standard InChI is InChI=1S/C14H17NO2/c1-4-17-14(16)10(3)13-9(2)11-7-5-6-8-12(11)15-13/h5-8,10,15H,4H2,1-3H3. The molecule has 0 aliphatic rings. The van der Waals surface area contributed by atoms with E-state index in [1.165, 1.54) is 5.39 Å². The molecule has 1 atom stereocenters. The van der Waals surface area contributed by atoms with Gasteiger partial charge in [-0.1, -0.05) is 18.2 Å². The molecular formula is C14H17NO2. The number of benzene rings is 1. The largest absolute Gasteiger partial charge is 0.465 e. The van der Waals surface area contributed by atoms with Gasteiger partial charge in [-0.15, -0.1) is 0 Å². The van der Waals surface area contributed by atoms with Crippen LogP contribution in [0.15, 0.2) is 24.3 Å². The summed E-state index contributed by atoms with van der Waals surface area (Å²) in [5.41, 5.74) is 3.14. The molecule has 3 heteroatoms. The number of rotatable bonds is 3. The maximum atomic E-state index is 11.7. The Hall–Kier alpha value is -1.77. The molecule has 0 saturated heterocycles. The van der Waals surface area contributed by atoms with Gasteiger partial charge >= 0.3 is 5.97 Å². The predicted molar refractivity (Wildman–Crippen MR) is 68.1 cm³/mol. The zero-order valence-electron chi connectivity index (χ0n) is 10.4. The van der Waals surface area contributed by atoms with E-state index in [2.05, 4.69) is 11.1 Å². The maximum Gasteiger partial charge on any atom is 0.314 e. The molecular weight excluding hydrogens is 214 g/mol. The Morgan fingerprint density at radius 2 is 2.12 bits per heavy atom. The van der Waals surface area contributed by atoms with Crippen molar-refractivity contribution in [2.45, 2.75) is 26.7 Å². The fourth-order valence-electron chi connectivity index (χ4n) is 2.12. The number of nitrogens with one attached hydrogen (secondary N) is 1. The van der Waals surface area contributed by atoms with Crippen molar-refractivity contribution >= 4 is 16.9 Å². The van der Waals surface area contributed by atoms with Crippen molar-refractivity contribution in [3.63, 3.8) is 0 Å². The van der Waals surface area contributed by atoms with Crippen LogP contribution in [0.25, 0.3) is 10.9 Å². The first-order valence-electron chi connectivity index (χ1n) is 5.89. The summed E-state index contributed by atoms with van der Waals surface area (Å²) in [7, 11) is 0. The molecule has 90 valence electrons. The number of H-pyrrole nitrogens is 1. The first kappa shape index (κ1) is 11.7. The number of aromatic amines is 1. The Morgan fingerprint density at radius 3 is 2.76 bits per heavy atom. The van der Waals surface area contributed by atoms with E-state index < -0.39 is 0 Å². The van der Waals surface area contributed by atoms with Crippen LogP contribution in [0.4, 0.5) is 0 Å². The van der Waals surface area contributed by atoms with Crippen LogP contribution in [-0.2, 0) is 9.53 Å². The second-order valence-corrected chi connectivity index (χ2v) is 4.18. The van der Waals surface area contributed by atoms with Gasteiger partial charge in [-0.05, 0) is 32.4 Å². The number of carbonyl (C=O) groups is 1. The number of esters is 1. The van der Waals surface area contributed by atoms with E-state index in [4.69, 9.17) is 4.74 Å². The Balaban J connectivity index is 2.42. The van der Waals surface area contributed by atoms with Crippen molar-refractivity contribution < 1.29 is 9.53 Å². The molecule has 0 radical (unpaired) electrons. The molecule has 0 bridgehead atoms. The third kappa shape index (κ3) is 2.05. The highest BCUT2D eigenvalue weighted by Crippen LogP contribution is 2.27. The topological polar surface area (TPSA) is 42.1 Å². The first-order valence-corrected chi connectivity index (χ1v) is 5.89. The van der Waals surface area contributed by atoms with Crippen LogP contribution in [0.3, 0.4) is 0 Å². The van der Waals surface area contributed by atoms with Crippen molar-refractivity contribution in [1.82, 2.24) is 4.98 Å². The van der Waals surface area contributed by atoms with Crippen LogP contribution >= 0.6 is 0 Å². The number of aryl methyl sites for hydroxylation is 1. The fourth-order valence-corrected chi connectivity index (χ4v) is 2.12. The minimum atomic E-state index is -0.248. The number of aromatic nitrogens is 1. The molecule has 0 amide bonds. The van der Waals surface area contributed by atoms with Crippen LogP contribution in [0, 0.1) is 6.92 Å². The smallest absolute Gasteiger partial charge is 0.314 e. The minimum Gasteiger partial charge on any atom is -0.465 e. The quantitative estimate of drug-likeness (QED) is 0.824. The molecule has 1 heterocycles. The minimum absolute atomic E-state index is 0.179. The number of carbonyl (C=O) groups excluding carboxylic acids is 1. The normalized spacial score (nSPS) is 12.6. The molecule has 1 unspecified atom stereocenters. The first-order chi connectivity index (χ1) is 8.15.